The molecule has 6 aromatic carbocycles. The second-order valence-electron chi connectivity index (χ2n) is 14.4. The summed E-state index contributed by atoms with van der Waals surface area (Å²) in [6.07, 6.45) is 8.86. The fourth-order valence-corrected chi connectivity index (χ4v) is 7.99. The third-order valence-electron chi connectivity index (χ3n) is 10.7. The van der Waals surface area contributed by atoms with Gasteiger partial charge in [0.25, 0.3) is 0 Å². The molecule has 0 saturated heterocycles. The van der Waals surface area contributed by atoms with Gasteiger partial charge in [-0.25, -0.2) is 0 Å². The SMILES string of the molecule is CCCCOc1ccc(C2(c3ccc(OCCCC)cc3)C=Cc3c4c(c5ccccc5c3O2)-c2ccc(-c3ccccc3)cc2C4(C)C)cc1. The van der Waals surface area contributed by atoms with Crippen LogP contribution in [0.2, 0.25) is 0 Å². The molecule has 0 saturated carbocycles. The summed E-state index contributed by atoms with van der Waals surface area (Å²) in [5.41, 5.74) is 9.90. The topological polar surface area (TPSA) is 27.7 Å². The van der Waals surface area contributed by atoms with E-state index >= 15 is 0 Å². The lowest BCUT2D eigenvalue weighted by molar-refractivity contribution is 0.163. The van der Waals surface area contributed by atoms with Crippen LogP contribution in [0.3, 0.4) is 0 Å². The van der Waals surface area contributed by atoms with Gasteiger partial charge in [0.1, 0.15) is 17.2 Å². The van der Waals surface area contributed by atoms with Crippen molar-refractivity contribution in [1.82, 2.24) is 0 Å². The van der Waals surface area contributed by atoms with Gasteiger partial charge in [0.2, 0.25) is 0 Å². The van der Waals surface area contributed by atoms with Crippen LogP contribution in [-0.4, -0.2) is 13.2 Å². The van der Waals surface area contributed by atoms with Crippen molar-refractivity contribution in [3.8, 4) is 39.5 Å². The fourth-order valence-electron chi connectivity index (χ4n) is 7.99. The summed E-state index contributed by atoms with van der Waals surface area (Å²) in [7, 11) is 0. The molecule has 2 aliphatic rings. The molecule has 0 bridgehead atoms. The van der Waals surface area contributed by atoms with Gasteiger partial charge in [-0.15, -0.1) is 0 Å². The number of benzene rings is 6. The minimum absolute atomic E-state index is 0.244. The Morgan fingerprint density at radius 2 is 1.20 bits per heavy atom. The summed E-state index contributed by atoms with van der Waals surface area (Å²) in [5, 5.41) is 2.34. The molecule has 0 fully saturated rings. The number of fused-ring (bicyclic) bond motifs is 8. The van der Waals surface area contributed by atoms with Gasteiger partial charge in [0.05, 0.1) is 13.2 Å². The van der Waals surface area contributed by atoms with Gasteiger partial charge >= 0.3 is 0 Å². The normalized spacial score (nSPS) is 14.7. The zero-order valence-corrected chi connectivity index (χ0v) is 30.2. The molecule has 6 aromatic rings. The van der Waals surface area contributed by atoms with E-state index in [4.69, 9.17) is 14.2 Å². The average molecular weight is 671 g/mol. The first-order valence-corrected chi connectivity index (χ1v) is 18.6. The Morgan fingerprint density at radius 1 is 0.608 bits per heavy atom. The van der Waals surface area contributed by atoms with E-state index in [1.54, 1.807) is 0 Å². The maximum Gasteiger partial charge on any atom is 0.178 e. The molecular formula is C48H46O3. The van der Waals surface area contributed by atoms with Crippen LogP contribution in [0.1, 0.15) is 81.2 Å². The van der Waals surface area contributed by atoms with Crippen LogP contribution in [0.4, 0.5) is 0 Å². The predicted molar refractivity (Wildman–Crippen MR) is 211 cm³/mol. The summed E-state index contributed by atoms with van der Waals surface area (Å²) in [6, 6.07) is 43.4. The highest BCUT2D eigenvalue weighted by Crippen LogP contribution is 2.58. The van der Waals surface area contributed by atoms with Crippen molar-refractivity contribution < 1.29 is 14.2 Å². The number of hydrogen-bond acceptors (Lipinski definition) is 3. The van der Waals surface area contributed by atoms with E-state index in [0.717, 1.165) is 65.0 Å². The van der Waals surface area contributed by atoms with E-state index in [9.17, 15) is 0 Å². The van der Waals surface area contributed by atoms with Crippen molar-refractivity contribution in [2.24, 2.45) is 0 Å². The molecular weight excluding hydrogens is 625 g/mol. The van der Waals surface area contributed by atoms with E-state index in [2.05, 4.69) is 161 Å². The molecule has 0 unspecified atom stereocenters. The Morgan fingerprint density at radius 3 is 1.80 bits per heavy atom. The van der Waals surface area contributed by atoms with Gasteiger partial charge < -0.3 is 14.2 Å². The highest BCUT2D eigenvalue weighted by molar-refractivity contribution is 6.08. The lowest BCUT2D eigenvalue weighted by atomic mass is 9.76. The zero-order valence-electron chi connectivity index (χ0n) is 30.2. The van der Waals surface area contributed by atoms with Crippen molar-refractivity contribution in [3.05, 3.63) is 155 Å². The second kappa shape index (κ2) is 13.5. The molecule has 8 rings (SSSR count). The van der Waals surface area contributed by atoms with E-state index in [-0.39, 0.29) is 5.41 Å². The molecule has 0 amide bonds. The first-order valence-electron chi connectivity index (χ1n) is 18.6. The van der Waals surface area contributed by atoms with Crippen molar-refractivity contribution in [2.75, 3.05) is 13.2 Å². The lowest BCUT2D eigenvalue weighted by Gasteiger charge is -2.38. The summed E-state index contributed by atoms with van der Waals surface area (Å²) < 4.78 is 19.7. The molecule has 1 aliphatic carbocycles. The molecule has 3 heteroatoms. The van der Waals surface area contributed by atoms with Gasteiger partial charge in [0, 0.05) is 27.5 Å². The Kier molecular flexibility index (Phi) is 8.68. The van der Waals surface area contributed by atoms with Crippen molar-refractivity contribution in [2.45, 2.75) is 64.4 Å². The van der Waals surface area contributed by atoms with Crippen LogP contribution in [-0.2, 0) is 11.0 Å². The number of ether oxygens (including phenoxy) is 3. The van der Waals surface area contributed by atoms with Crippen LogP contribution < -0.4 is 14.2 Å². The van der Waals surface area contributed by atoms with Gasteiger partial charge in [-0.05, 0) is 88.0 Å². The molecule has 1 aliphatic heterocycles. The Balaban J connectivity index is 1.28. The van der Waals surface area contributed by atoms with E-state index in [1.807, 2.05) is 0 Å². The second-order valence-corrected chi connectivity index (χ2v) is 14.4. The van der Waals surface area contributed by atoms with Gasteiger partial charge in [-0.2, -0.15) is 0 Å². The molecule has 51 heavy (non-hydrogen) atoms. The summed E-state index contributed by atoms with van der Waals surface area (Å²) in [4.78, 5) is 0. The van der Waals surface area contributed by atoms with Gasteiger partial charge in [0.15, 0.2) is 5.60 Å². The van der Waals surface area contributed by atoms with Gasteiger partial charge in [-0.3, -0.25) is 0 Å². The molecule has 0 radical (unpaired) electrons. The largest absolute Gasteiger partial charge is 0.494 e. The molecule has 0 spiro atoms. The smallest absolute Gasteiger partial charge is 0.178 e. The van der Waals surface area contributed by atoms with Crippen molar-refractivity contribution in [3.63, 3.8) is 0 Å². The average Bonchev–Trinajstić information content (AvgIpc) is 3.42. The highest BCUT2D eigenvalue weighted by Gasteiger charge is 2.44. The molecule has 0 aromatic heterocycles. The Hall–Kier alpha value is -5.28. The fraction of sp³-hybridized carbons (Fsp3) is 0.250. The van der Waals surface area contributed by atoms with E-state index in [0.29, 0.717) is 13.2 Å². The van der Waals surface area contributed by atoms with Gasteiger partial charge in [-0.1, -0.05) is 138 Å². The molecule has 0 N–H and O–H groups in total. The summed E-state index contributed by atoms with van der Waals surface area (Å²) in [6.45, 7) is 10.5. The standard InChI is InChI=1S/C48H46O3/c1-5-7-30-49-37-23-19-35(20-24-37)48(36-21-25-38(26-22-36)50-31-8-6-2)29-28-42-45-44(39-16-12-13-17-40(39)46(42)51-48)41-27-18-34(32-43(41)47(45,3)4)33-14-10-9-11-15-33/h9-29,32H,5-8,30-31H2,1-4H3. The van der Waals surface area contributed by atoms with Crippen LogP contribution in [0.15, 0.2) is 127 Å². The van der Waals surface area contributed by atoms with Crippen LogP contribution in [0, 0.1) is 0 Å². The highest BCUT2D eigenvalue weighted by atomic mass is 16.5. The Labute approximate surface area is 302 Å². The maximum atomic E-state index is 7.52. The summed E-state index contributed by atoms with van der Waals surface area (Å²) >= 11 is 0. The molecule has 256 valence electrons. The van der Waals surface area contributed by atoms with Crippen molar-refractivity contribution >= 4 is 16.8 Å². The minimum atomic E-state index is -0.857. The number of rotatable bonds is 11. The summed E-state index contributed by atoms with van der Waals surface area (Å²) in [5.74, 6) is 2.67. The van der Waals surface area contributed by atoms with Crippen LogP contribution >= 0.6 is 0 Å². The van der Waals surface area contributed by atoms with Crippen molar-refractivity contribution in [1.29, 1.82) is 0 Å². The third kappa shape index (κ3) is 5.69. The monoisotopic (exact) mass is 670 g/mol. The van der Waals surface area contributed by atoms with E-state index < -0.39 is 5.60 Å². The maximum absolute atomic E-state index is 7.52. The minimum Gasteiger partial charge on any atom is -0.494 e. The molecule has 1 heterocycles. The van der Waals surface area contributed by atoms with Crippen LogP contribution in [0.5, 0.6) is 17.2 Å². The quantitative estimate of drug-likeness (QED) is 0.128. The van der Waals surface area contributed by atoms with Crippen LogP contribution in [0.25, 0.3) is 39.1 Å². The third-order valence-corrected chi connectivity index (χ3v) is 10.7. The molecule has 0 atom stereocenters. The Bertz CT molecular complexity index is 2160. The first kappa shape index (κ1) is 32.9. The lowest BCUT2D eigenvalue weighted by Crippen LogP contribution is -2.35. The molecule has 3 nitrogen and oxygen atoms in total. The zero-order chi connectivity index (χ0) is 35.0. The first-order chi connectivity index (χ1) is 24.9. The van der Waals surface area contributed by atoms with E-state index in [1.165, 1.54) is 38.8 Å². The number of unbranched alkanes of at least 4 members (excludes halogenated alkanes) is 2. The number of hydrogen-bond donors (Lipinski definition) is 0. The predicted octanol–water partition coefficient (Wildman–Crippen LogP) is 12.5.